The van der Waals surface area contributed by atoms with Crippen LogP contribution in [0.25, 0.3) is 0 Å². The number of rotatable bonds is 26. The van der Waals surface area contributed by atoms with Crippen LogP contribution in [-0.2, 0) is 42.7 Å². The lowest BCUT2D eigenvalue weighted by Crippen LogP contribution is -2.64. The maximum Gasteiger partial charge on any atom is 0.311 e. The molecule has 2 aliphatic heterocycles. The van der Waals surface area contributed by atoms with E-state index in [4.69, 9.17) is 33.2 Å². The van der Waals surface area contributed by atoms with Gasteiger partial charge in [0.15, 0.2) is 12.6 Å². The number of carbonyl (C=O) groups excluding carboxylic acids is 2. The van der Waals surface area contributed by atoms with E-state index in [0.29, 0.717) is 36.5 Å². The van der Waals surface area contributed by atoms with Crippen LogP contribution < -0.4 is 0 Å². The van der Waals surface area contributed by atoms with Gasteiger partial charge in [-0.05, 0) is 86.9 Å². The molecule has 2 saturated carbocycles. The summed E-state index contributed by atoms with van der Waals surface area (Å²) in [5.74, 6) is -1.09. The highest BCUT2D eigenvalue weighted by Crippen LogP contribution is 2.48. The Morgan fingerprint density at radius 1 is 0.541 bits per heavy atom. The Morgan fingerprint density at radius 3 is 1.20 bits per heavy atom. The predicted octanol–water partition coefficient (Wildman–Crippen LogP) is 1.43. The molecule has 17 heteroatoms. The largest absolute Gasteiger partial charge is 0.463 e. The molecule has 0 spiro atoms. The van der Waals surface area contributed by atoms with Crippen molar-refractivity contribution in [2.24, 2.45) is 47.3 Å². The highest BCUT2D eigenvalue weighted by molar-refractivity contribution is 5.73. The van der Waals surface area contributed by atoms with Gasteiger partial charge in [0.05, 0.1) is 36.3 Å². The zero-order chi connectivity index (χ0) is 45.3. The molecule has 356 valence electrons. The van der Waals surface area contributed by atoms with E-state index in [1.807, 2.05) is 0 Å². The minimum atomic E-state index is -1.90. The van der Waals surface area contributed by atoms with Crippen LogP contribution in [0.5, 0.6) is 0 Å². The number of aliphatic hydroxyl groups is 8. The molecule has 4 aliphatic rings. The van der Waals surface area contributed by atoms with Crippen LogP contribution in [0.2, 0.25) is 0 Å². The van der Waals surface area contributed by atoms with E-state index in [0.717, 1.165) is 38.5 Å². The molecule has 0 aromatic carbocycles. The Bertz CT molecular complexity index is 1230. The van der Waals surface area contributed by atoms with E-state index in [1.165, 1.54) is 0 Å². The summed E-state index contributed by atoms with van der Waals surface area (Å²) in [4.78, 5) is 26.4. The van der Waals surface area contributed by atoms with Crippen molar-refractivity contribution in [3.8, 4) is 0 Å². The quantitative estimate of drug-likeness (QED) is 0.0572. The third-order valence-corrected chi connectivity index (χ3v) is 14.3. The lowest BCUT2D eigenvalue weighted by atomic mass is 9.92. The van der Waals surface area contributed by atoms with Crippen molar-refractivity contribution in [2.45, 2.75) is 192 Å². The fourth-order valence-electron chi connectivity index (χ4n) is 9.17. The topological polar surface area (TPSA) is 261 Å². The lowest BCUT2D eigenvalue weighted by Gasteiger charge is -2.44. The third kappa shape index (κ3) is 13.7. The Balaban J connectivity index is 1.28. The normalized spacial score (nSPS) is 37.7. The van der Waals surface area contributed by atoms with Crippen molar-refractivity contribution in [1.29, 1.82) is 0 Å². The van der Waals surface area contributed by atoms with Crippen molar-refractivity contribution in [2.75, 3.05) is 27.4 Å². The fraction of sp³-hybridized carbons (Fsp3) is 0.955. The van der Waals surface area contributed by atoms with Crippen LogP contribution in [0.4, 0.5) is 0 Å². The molecule has 4 fully saturated rings. The molecule has 0 bridgehead atoms. The van der Waals surface area contributed by atoms with Gasteiger partial charge in [-0.3, -0.25) is 9.59 Å². The Kier molecular flexibility index (Phi) is 20.6. The van der Waals surface area contributed by atoms with Gasteiger partial charge in [0.2, 0.25) is 0 Å². The van der Waals surface area contributed by atoms with Crippen LogP contribution in [0.15, 0.2) is 0 Å². The van der Waals surface area contributed by atoms with Gasteiger partial charge < -0.3 is 74.0 Å². The number of hydrogen-bond donors (Lipinski definition) is 8. The van der Waals surface area contributed by atoms with Crippen molar-refractivity contribution in [3.05, 3.63) is 0 Å². The smallest absolute Gasteiger partial charge is 0.311 e. The van der Waals surface area contributed by atoms with Crippen molar-refractivity contribution >= 4 is 11.9 Å². The summed E-state index contributed by atoms with van der Waals surface area (Å²) in [5, 5.41) is 86.4. The Morgan fingerprint density at radius 2 is 0.885 bits per heavy atom. The molecule has 2 saturated heterocycles. The molecule has 0 aromatic heterocycles. The first kappa shape index (κ1) is 52.0. The molecule has 4 rings (SSSR count). The standard InChI is InChI=1S/C44H78O17/c1-9-21(5)31(55-7)17-25-13-23(25)15-29(45)27(11-3)41(53)57-19-33-35(47)37(49)39(51)43(59-33)61-44-40(52)38(50)36(48)34(60-44)20-58-42(54)28(12-4)30(46)16-24-14-26(24)18-32(56-8)22(6)10-2/h21-40,43-52H,9-20H2,1-8H3. The monoisotopic (exact) mass is 879 g/mol. The van der Waals surface area contributed by atoms with Gasteiger partial charge in [0, 0.05) is 14.2 Å². The SMILES string of the molecule is CCC(C)C(CC1CC1CC(O)C(CC)C(=O)OCC1OC(OC2OC(COC(=O)C(CC)C(O)CC3CC3CC(OC)C(C)CC)C(O)C(O)C2O)C(O)C(O)C1O)OC. The Labute approximate surface area is 361 Å². The van der Waals surface area contributed by atoms with Crippen molar-refractivity contribution in [1.82, 2.24) is 0 Å². The van der Waals surface area contributed by atoms with E-state index >= 15 is 0 Å². The van der Waals surface area contributed by atoms with Crippen molar-refractivity contribution < 1.29 is 83.6 Å². The number of methoxy groups -OCH3 is 2. The molecule has 2 aliphatic carbocycles. The maximum absolute atomic E-state index is 13.2. The summed E-state index contributed by atoms with van der Waals surface area (Å²) >= 11 is 0. The van der Waals surface area contributed by atoms with Gasteiger partial charge in [0.1, 0.15) is 62.0 Å². The van der Waals surface area contributed by atoms with E-state index in [2.05, 4.69) is 27.7 Å². The number of hydrogen-bond acceptors (Lipinski definition) is 17. The van der Waals surface area contributed by atoms with Gasteiger partial charge in [-0.2, -0.15) is 0 Å². The first-order valence-corrected chi connectivity index (χ1v) is 22.7. The summed E-state index contributed by atoms with van der Waals surface area (Å²) in [6.45, 7) is 10.9. The molecule has 0 radical (unpaired) electrons. The Hall–Kier alpha value is -1.58. The second-order valence-electron chi connectivity index (χ2n) is 18.4. The van der Waals surface area contributed by atoms with Gasteiger partial charge in [-0.25, -0.2) is 0 Å². The lowest BCUT2D eigenvalue weighted by molar-refractivity contribution is -0.376. The molecule has 22 atom stereocenters. The van der Waals surface area contributed by atoms with Gasteiger partial charge in [0.25, 0.3) is 0 Å². The number of carbonyl (C=O) groups is 2. The first-order valence-electron chi connectivity index (χ1n) is 22.7. The minimum Gasteiger partial charge on any atom is -0.463 e. The fourth-order valence-corrected chi connectivity index (χ4v) is 9.17. The molecule has 61 heavy (non-hydrogen) atoms. The van der Waals surface area contributed by atoms with Crippen LogP contribution in [0.1, 0.15) is 106 Å². The van der Waals surface area contributed by atoms with E-state index in [9.17, 15) is 50.4 Å². The molecule has 22 unspecified atom stereocenters. The summed E-state index contributed by atoms with van der Waals surface area (Å²) in [6, 6.07) is 0. The highest BCUT2D eigenvalue weighted by Gasteiger charge is 2.51. The van der Waals surface area contributed by atoms with Crippen LogP contribution in [0, 0.1) is 47.3 Å². The molecular weight excluding hydrogens is 800 g/mol. The van der Waals surface area contributed by atoms with E-state index in [-0.39, 0.29) is 36.9 Å². The summed E-state index contributed by atoms with van der Waals surface area (Å²) in [6.07, 6.45) is -12.1. The summed E-state index contributed by atoms with van der Waals surface area (Å²) < 4.78 is 39.3. The van der Waals surface area contributed by atoms with Crippen LogP contribution in [-0.4, -0.2) is 166 Å². The highest BCUT2D eigenvalue weighted by atomic mass is 16.8. The second kappa shape index (κ2) is 24.1. The summed E-state index contributed by atoms with van der Waals surface area (Å²) in [5.41, 5.74) is 0. The van der Waals surface area contributed by atoms with Gasteiger partial charge >= 0.3 is 11.9 Å². The van der Waals surface area contributed by atoms with Crippen molar-refractivity contribution in [3.63, 3.8) is 0 Å². The number of ether oxygens (including phenoxy) is 7. The van der Waals surface area contributed by atoms with Gasteiger partial charge in [-0.15, -0.1) is 0 Å². The van der Waals surface area contributed by atoms with Crippen LogP contribution in [0.3, 0.4) is 0 Å². The second-order valence-corrected chi connectivity index (χ2v) is 18.4. The maximum atomic E-state index is 13.2. The van der Waals surface area contributed by atoms with E-state index < -0.39 is 111 Å². The average molecular weight is 879 g/mol. The van der Waals surface area contributed by atoms with Crippen LogP contribution >= 0.6 is 0 Å². The molecule has 2 heterocycles. The molecule has 8 N–H and O–H groups in total. The average Bonchev–Trinajstić information content (AvgIpc) is 4.17. The summed E-state index contributed by atoms with van der Waals surface area (Å²) in [7, 11) is 3.42. The zero-order valence-corrected chi connectivity index (χ0v) is 37.4. The third-order valence-electron chi connectivity index (χ3n) is 14.3. The first-order chi connectivity index (χ1) is 28.9. The predicted molar refractivity (Wildman–Crippen MR) is 218 cm³/mol. The zero-order valence-electron chi connectivity index (χ0n) is 37.4. The molecular formula is C44H78O17. The molecule has 0 amide bonds. The van der Waals surface area contributed by atoms with E-state index in [1.54, 1.807) is 28.1 Å². The van der Waals surface area contributed by atoms with Gasteiger partial charge in [-0.1, -0.05) is 54.4 Å². The number of esters is 2. The minimum absolute atomic E-state index is 0.128. The molecule has 0 aromatic rings. The number of aliphatic hydroxyl groups excluding tert-OH is 8. The molecule has 17 nitrogen and oxygen atoms in total.